The van der Waals surface area contributed by atoms with Crippen LogP contribution in [0.4, 0.5) is 5.82 Å². The average molecular weight is 422 g/mol. The highest BCUT2D eigenvalue weighted by Gasteiger charge is 2.17. The van der Waals surface area contributed by atoms with Crippen LogP contribution in [0.5, 0.6) is 5.75 Å². The van der Waals surface area contributed by atoms with Crippen LogP contribution in [0.2, 0.25) is 5.02 Å². The Hall–Kier alpha value is -1.81. The van der Waals surface area contributed by atoms with Gasteiger partial charge in [-0.25, -0.2) is 4.79 Å². The van der Waals surface area contributed by atoms with Crippen LogP contribution in [0.3, 0.4) is 0 Å². The fourth-order valence-electron chi connectivity index (χ4n) is 1.55. The number of carbonyl (C=O) groups is 2. The molecular formula is C12H9ClIN3O4. The highest BCUT2D eigenvalue weighted by Crippen LogP contribution is 2.28. The van der Waals surface area contributed by atoms with E-state index >= 15 is 0 Å². The van der Waals surface area contributed by atoms with Crippen LogP contribution in [0.1, 0.15) is 20.8 Å². The third kappa shape index (κ3) is 3.45. The van der Waals surface area contributed by atoms with Crippen LogP contribution in [0, 0.1) is 3.57 Å². The minimum atomic E-state index is -1.17. The van der Waals surface area contributed by atoms with Gasteiger partial charge < -0.3 is 15.2 Å². The first-order valence-corrected chi connectivity index (χ1v) is 7.01. The molecule has 1 heterocycles. The monoisotopic (exact) mass is 421 g/mol. The van der Waals surface area contributed by atoms with E-state index in [-0.39, 0.29) is 17.1 Å². The topological polar surface area (TPSA) is 104 Å². The van der Waals surface area contributed by atoms with Gasteiger partial charge in [-0.15, -0.1) is 0 Å². The molecule has 110 valence electrons. The maximum absolute atomic E-state index is 12.2. The molecule has 1 aromatic carbocycles. The number of carboxylic acids is 1. The van der Waals surface area contributed by atoms with Gasteiger partial charge in [0.15, 0.2) is 5.82 Å². The van der Waals surface area contributed by atoms with Crippen LogP contribution >= 0.6 is 34.2 Å². The van der Waals surface area contributed by atoms with Crippen LogP contribution in [-0.2, 0) is 0 Å². The second-order valence-corrected chi connectivity index (χ2v) is 5.46. The number of benzene rings is 1. The Labute approximate surface area is 137 Å². The maximum Gasteiger partial charge on any atom is 0.353 e. The Bertz CT molecular complexity index is 717. The van der Waals surface area contributed by atoms with Gasteiger partial charge in [0.05, 0.1) is 17.7 Å². The third-order valence-corrected chi connectivity index (χ3v) is 4.06. The van der Waals surface area contributed by atoms with E-state index in [1.807, 2.05) is 22.6 Å². The fourth-order valence-corrected chi connectivity index (χ4v) is 2.16. The van der Waals surface area contributed by atoms with Gasteiger partial charge in [0, 0.05) is 9.64 Å². The first kappa shape index (κ1) is 15.6. The molecule has 0 aliphatic carbocycles. The van der Waals surface area contributed by atoms with E-state index in [0.717, 1.165) is 3.57 Å². The van der Waals surface area contributed by atoms with Crippen molar-refractivity contribution in [3.63, 3.8) is 0 Å². The number of aromatic nitrogens is 2. The van der Waals surface area contributed by atoms with Gasteiger partial charge >= 0.3 is 5.97 Å². The Morgan fingerprint density at radius 1 is 1.43 bits per heavy atom. The quantitative estimate of drug-likeness (QED) is 0.659. The van der Waals surface area contributed by atoms with Crippen LogP contribution in [-0.4, -0.2) is 34.3 Å². The van der Waals surface area contributed by atoms with Gasteiger partial charge in [0.2, 0.25) is 0 Å². The van der Waals surface area contributed by atoms with E-state index < -0.39 is 11.9 Å². The number of hydrogen-bond donors (Lipinski definition) is 3. The Balaban J connectivity index is 2.27. The van der Waals surface area contributed by atoms with Crippen molar-refractivity contribution in [3.05, 3.63) is 38.0 Å². The van der Waals surface area contributed by atoms with Gasteiger partial charge in [-0.3, -0.25) is 9.89 Å². The van der Waals surface area contributed by atoms with Crippen molar-refractivity contribution in [2.75, 3.05) is 12.4 Å². The molecule has 0 saturated carbocycles. The zero-order chi connectivity index (χ0) is 15.6. The summed E-state index contributed by atoms with van der Waals surface area (Å²) in [5, 5.41) is 17.6. The molecule has 1 aromatic heterocycles. The average Bonchev–Trinajstić information content (AvgIpc) is 2.89. The Kier molecular flexibility index (Phi) is 4.68. The van der Waals surface area contributed by atoms with Gasteiger partial charge in [0.25, 0.3) is 5.91 Å². The number of carbonyl (C=O) groups excluding carboxylic acids is 1. The van der Waals surface area contributed by atoms with Crippen molar-refractivity contribution in [1.29, 1.82) is 0 Å². The van der Waals surface area contributed by atoms with Crippen molar-refractivity contribution in [2.45, 2.75) is 0 Å². The van der Waals surface area contributed by atoms with Gasteiger partial charge in [-0.1, -0.05) is 11.6 Å². The van der Waals surface area contributed by atoms with Crippen molar-refractivity contribution in [3.8, 4) is 5.75 Å². The second kappa shape index (κ2) is 6.31. The fraction of sp³-hybridized carbons (Fsp3) is 0.0833. The number of H-pyrrole nitrogens is 1. The predicted octanol–water partition coefficient (Wildman–Crippen LogP) is 2.63. The summed E-state index contributed by atoms with van der Waals surface area (Å²) < 4.78 is 5.88. The number of methoxy groups -OCH3 is 1. The van der Waals surface area contributed by atoms with Crippen LogP contribution in [0.15, 0.2) is 18.2 Å². The number of rotatable bonds is 4. The van der Waals surface area contributed by atoms with E-state index in [9.17, 15) is 9.59 Å². The molecule has 1 amide bonds. The molecule has 2 rings (SSSR count). The molecule has 0 radical (unpaired) electrons. The van der Waals surface area contributed by atoms with Crippen molar-refractivity contribution < 1.29 is 19.4 Å². The molecule has 21 heavy (non-hydrogen) atoms. The molecule has 0 saturated heterocycles. The maximum atomic E-state index is 12.2. The lowest BCUT2D eigenvalue weighted by Crippen LogP contribution is -2.13. The van der Waals surface area contributed by atoms with E-state index in [4.69, 9.17) is 21.4 Å². The Morgan fingerprint density at radius 2 is 2.14 bits per heavy atom. The van der Waals surface area contributed by atoms with E-state index in [1.165, 1.54) is 19.2 Å². The summed E-state index contributed by atoms with van der Waals surface area (Å²) in [5.74, 6) is -1.23. The number of carboxylic acid groups (broad SMARTS) is 1. The molecule has 2 aromatic rings. The summed E-state index contributed by atoms with van der Waals surface area (Å²) in [6, 6.07) is 4.31. The molecule has 0 unspecified atom stereocenters. The molecule has 0 spiro atoms. The normalized spacial score (nSPS) is 10.2. The number of nitrogens with one attached hydrogen (secondary N) is 2. The molecule has 0 atom stereocenters. The lowest BCUT2D eigenvalue weighted by Gasteiger charge is -2.09. The van der Waals surface area contributed by atoms with Crippen molar-refractivity contribution in [1.82, 2.24) is 10.2 Å². The predicted molar refractivity (Wildman–Crippen MR) is 84.2 cm³/mol. The molecule has 0 aliphatic heterocycles. The first-order chi connectivity index (χ1) is 9.92. The Morgan fingerprint density at radius 3 is 2.71 bits per heavy atom. The molecule has 0 aliphatic rings. The zero-order valence-corrected chi connectivity index (χ0v) is 13.5. The number of nitrogens with zero attached hydrogens (tertiary/aromatic N) is 1. The number of ether oxygens (including phenoxy) is 1. The molecular weight excluding hydrogens is 413 g/mol. The largest absolute Gasteiger partial charge is 0.496 e. The van der Waals surface area contributed by atoms with Crippen LogP contribution < -0.4 is 10.1 Å². The minimum absolute atomic E-state index is 0.0918. The number of aromatic amines is 1. The second-order valence-electron chi connectivity index (χ2n) is 3.89. The summed E-state index contributed by atoms with van der Waals surface area (Å²) >= 11 is 8.01. The number of amides is 1. The van der Waals surface area contributed by atoms with Crippen molar-refractivity contribution in [2.24, 2.45) is 0 Å². The van der Waals surface area contributed by atoms with E-state index in [0.29, 0.717) is 10.8 Å². The number of anilines is 1. The molecule has 3 N–H and O–H groups in total. The van der Waals surface area contributed by atoms with Crippen LogP contribution in [0.25, 0.3) is 0 Å². The first-order valence-electron chi connectivity index (χ1n) is 5.55. The number of aromatic carboxylic acids is 1. The smallest absolute Gasteiger partial charge is 0.353 e. The zero-order valence-electron chi connectivity index (χ0n) is 10.6. The lowest BCUT2D eigenvalue weighted by molar-refractivity contribution is 0.0690. The highest BCUT2D eigenvalue weighted by molar-refractivity contribution is 14.1. The molecule has 9 heteroatoms. The molecule has 0 fully saturated rings. The summed E-state index contributed by atoms with van der Waals surface area (Å²) in [6.07, 6.45) is 0. The van der Waals surface area contributed by atoms with Crippen molar-refractivity contribution >= 4 is 51.9 Å². The number of halogens is 2. The van der Waals surface area contributed by atoms with E-state index in [1.54, 1.807) is 6.07 Å². The highest BCUT2D eigenvalue weighted by atomic mass is 127. The van der Waals surface area contributed by atoms with Gasteiger partial charge in [0.1, 0.15) is 11.4 Å². The lowest BCUT2D eigenvalue weighted by atomic mass is 10.2. The summed E-state index contributed by atoms with van der Waals surface area (Å²) in [5.41, 5.74) is 0.0979. The SMILES string of the molecule is COc1cc(I)c(Cl)cc1C(=O)Nc1cc(C(=O)O)[nH]n1. The van der Waals surface area contributed by atoms with E-state index in [2.05, 4.69) is 15.5 Å². The molecule has 7 nitrogen and oxygen atoms in total. The van der Waals surface area contributed by atoms with Gasteiger partial charge in [-0.05, 0) is 34.7 Å². The standard InChI is InChI=1S/C12H9ClIN3O4/c1-21-9-3-7(14)6(13)2-5(9)11(18)15-10-4-8(12(19)20)16-17-10/h2-4H,1H3,(H,19,20)(H2,15,16,17,18). The summed E-state index contributed by atoms with van der Waals surface area (Å²) in [4.78, 5) is 22.9. The third-order valence-electron chi connectivity index (χ3n) is 2.54. The number of hydrogen-bond acceptors (Lipinski definition) is 4. The summed E-state index contributed by atoms with van der Waals surface area (Å²) in [6.45, 7) is 0. The molecule has 0 bridgehead atoms. The minimum Gasteiger partial charge on any atom is -0.496 e. The van der Waals surface area contributed by atoms with Gasteiger partial charge in [-0.2, -0.15) is 5.10 Å². The summed E-state index contributed by atoms with van der Waals surface area (Å²) in [7, 11) is 1.44.